The first-order chi connectivity index (χ1) is 20.3. The van der Waals surface area contributed by atoms with Crippen LogP contribution in [0.4, 0.5) is 10.8 Å². The molecule has 0 atom stereocenters. The summed E-state index contributed by atoms with van der Waals surface area (Å²) in [6.07, 6.45) is 1.65. The van der Waals surface area contributed by atoms with Crippen molar-refractivity contribution in [2.45, 2.75) is 18.7 Å². The van der Waals surface area contributed by atoms with Crippen molar-refractivity contribution in [2.75, 3.05) is 16.4 Å². The Labute approximate surface area is 252 Å². The normalized spacial score (nSPS) is 11.2. The highest BCUT2D eigenvalue weighted by molar-refractivity contribution is 8.00. The summed E-state index contributed by atoms with van der Waals surface area (Å²) in [5, 5.41) is 9.06. The fourth-order valence-corrected chi connectivity index (χ4v) is 5.77. The van der Waals surface area contributed by atoms with Crippen molar-refractivity contribution >= 4 is 67.9 Å². The molecule has 42 heavy (non-hydrogen) atoms. The standard InChI is InChI=1S/C33H28N4O3S2/c1-21-7-6-8-23(17-21)19-28(35-31(39)24-9-4-3-5-10-24)32(40)34-25-12-14-26(15-13-25)41-20-30(38)37-33-36-27-16-11-22(2)18-29(27)42-33/h3-19H,20H2,1-2H3,(H,34,40)(H,35,39)(H,36,37,38)/b28-19-. The number of aromatic nitrogens is 1. The number of carbonyl (C=O) groups excluding carboxylic acids is 3. The zero-order valence-corrected chi connectivity index (χ0v) is 24.6. The van der Waals surface area contributed by atoms with Crippen LogP contribution in [-0.2, 0) is 9.59 Å². The van der Waals surface area contributed by atoms with Crippen molar-refractivity contribution in [3.63, 3.8) is 0 Å². The van der Waals surface area contributed by atoms with E-state index in [0.29, 0.717) is 16.4 Å². The molecular formula is C33H28N4O3S2. The van der Waals surface area contributed by atoms with Gasteiger partial charge in [0.1, 0.15) is 5.70 Å². The molecule has 0 fully saturated rings. The van der Waals surface area contributed by atoms with Gasteiger partial charge in [0, 0.05) is 16.1 Å². The third kappa shape index (κ3) is 7.72. The average Bonchev–Trinajstić information content (AvgIpc) is 3.38. The number of rotatable bonds is 9. The third-order valence-corrected chi connectivity index (χ3v) is 8.10. The van der Waals surface area contributed by atoms with E-state index in [1.807, 2.05) is 68.4 Å². The SMILES string of the molecule is Cc1cccc(/C=C(\NC(=O)c2ccccc2)C(=O)Nc2ccc(SCC(=O)Nc3nc4ccc(C)cc4s3)cc2)c1. The molecule has 5 rings (SSSR count). The Balaban J connectivity index is 1.21. The first-order valence-electron chi connectivity index (χ1n) is 13.2. The lowest BCUT2D eigenvalue weighted by atomic mass is 10.1. The summed E-state index contributed by atoms with van der Waals surface area (Å²) in [6, 6.07) is 29.6. The highest BCUT2D eigenvalue weighted by atomic mass is 32.2. The molecule has 9 heteroatoms. The first kappa shape index (κ1) is 28.8. The Morgan fingerprint density at radius 1 is 0.833 bits per heavy atom. The third-order valence-electron chi connectivity index (χ3n) is 6.15. The zero-order chi connectivity index (χ0) is 29.5. The largest absolute Gasteiger partial charge is 0.321 e. The number of nitrogens with one attached hydrogen (secondary N) is 3. The summed E-state index contributed by atoms with van der Waals surface area (Å²) in [5.41, 5.74) is 4.97. The highest BCUT2D eigenvalue weighted by Gasteiger charge is 2.15. The van der Waals surface area contributed by atoms with Gasteiger partial charge in [0.2, 0.25) is 5.91 Å². The second kappa shape index (κ2) is 13.3. The molecule has 0 aliphatic heterocycles. The minimum absolute atomic E-state index is 0.120. The van der Waals surface area contributed by atoms with E-state index in [0.717, 1.165) is 31.8 Å². The monoisotopic (exact) mass is 592 g/mol. The van der Waals surface area contributed by atoms with E-state index in [1.54, 1.807) is 42.5 Å². The molecule has 0 radical (unpaired) electrons. The Kier molecular flexibility index (Phi) is 9.11. The maximum atomic E-state index is 13.3. The highest BCUT2D eigenvalue weighted by Crippen LogP contribution is 2.27. The molecule has 3 N–H and O–H groups in total. The van der Waals surface area contributed by atoms with Crippen molar-refractivity contribution in [3.05, 3.63) is 125 Å². The number of fused-ring (bicyclic) bond motifs is 1. The van der Waals surface area contributed by atoms with Gasteiger partial charge in [-0.05, 0) is 79.6 Å². The van der Waals surface area contributed by atoms with E-state index in [2.05, 4.69) is 27.0 Å². The molecule has 0 aliphatic carbocycles. The number of hydrogen-bond acceptors (Lipinski definition) is 6. The van der Waals surface area contributed by atoms with Gasteiger partial charge in [-0.1, -0.05) is 65.4 Å². The van der Waals surface area contributed by atoms with Crippen LogP contribution in [0.15, 0.2) is 108 Å². The van der Waals surface area contributed by atoms with Gasteiger partial charge in [-0.25, -0.2) is 4.98 Å². The summed E-state index contributed by atoms with van der Waals surface area (Å²) in [6.45, 7) is 3.99. The van der Waals surface area contributed by atoms with E-state index >= 15 is 0 Å². The number of aryl methyl sites for hydroxylation is 2. The molecule has 7 nitrogen and oxygen atoms in total. The Bertz CT molecular complexity index is 1780. The number of thioether (sulfide) groups is 1. The molecule has 5 aromatic rings. The minimum atomic E-state index is -0.452. The van der Waals surface area contributed by atoms with Crippen molar-refractivity contribution in [3.8, 4) is 0 Å². The first-order valence-corrected chi connectivity index (χ1v) is 15.0. The number of anilines is 2. The summed E-state index contributed by atoms with van der Waals surface area (Å²) in [7, 11) is 0. The Morgan fingerprint density at radius 2 is 1.60 bits per heavy atom. The van der Waals surface area contributed by atoms with Gasteiger partial charge in [-0.15, -0.1) is 11.8 Å². The number of nitrogens with zero attached hydrogens (tertiary/aromatic N) is 1. The summed E-state index contributed by atoms with van der Waals surface area (Å²) in [4.78, 5) is 44.0. The molecule has 0 saturated heterocycles. The van der Waals surface area contributed by atoms with Gasteiger partial charge in [-0.2, -0.15) is 0 Å². The smallest absolute Gasteiger partial charge is 0.272 e. The molecule has 0 saturated carbocycles. The molecule has 0 bridgehead atoms. The minimum Gasteiger partial charge on any atom is -0.321 e. The second-order valence-corrected chi connectivity index (χ2v) is 11.7. The van der Waals surface area contributed by atoms with Crippen molar-refractivity contribution in [1.82, 2.24) is 10.3 Å². The number of carbonyl (C=O) groups is 3. The van der Waals surface area contributed by atoms with E-state index in [9.17, 15) is 14.4 Å². The molecular weight excluding hydrogens is 565 g/mol. The van der Waals surface area contributed by atoms with Crippen LogP contribution in [0.5, 0.6) is 0 Å². The van der Waals surface area contributed by atoms with Crippen molar-refractivity contribution in [1.29, 1.82) is 0 Å². The van der Waals surface area contributed by atoms with E-state index < -0.39 is 5.91 Å². The molecule has 0 spiro atoms. The topological polar surface area (TPSA) is 100 Å². The molecule has 210 valence electrons. The molecule has 1 aromatic heterocycles. The fraction of sp³-hybridized carbons (Fsp3) is 0.0909. The van der Waals surface area contributed by atoms with Crippen LogP contribution < -0.4 is 16.0 Å². The number of amides is 3. The Morgan fingerprint density at radius 3 is 2.36 bits per heavy atom. The quantitative estimate of drug-likeness (QED) is 0.126. The van der Waals surface area contributed by atoms with Gasteiger partial charge in [0.15, 0.2) is 5.13 Å². The molecule has 0 unspecified atom stereocenters. The lowest BCUT2D eigenvalue weighted by Gasteiger charge is -2.12. The maximum Gasteiger partial charge on any atom is 0.272 e. The van der Waals surface area contributed by atoms with Gasteiger partial charge >= 0.3 is 0 Å². The van der Waals surface area contributed by atoms with Crippen LogP contribution in [0.3, 0.4) is 0 Å². The van der Waals surface area contributed by atoms with E-state index in [-0.39, 0.29) is 23.3 Å². The van der Waals surface area contributed by atoms with Gasteiger partial charge in [-0.3, -0.25) is 14.4 Å². The predicted octanol–water partition coefficient (Wildman–Crippen LogP) is 7.05. The molecule has 3 amide bonds. The van der Waals surface area contributed by atoms with Crippen LogP contribution in [0.2, 0.25) is 0 Å². The van der Waals surface area contributed by atoms with Crippen LogP contribution in [0.25, 0.3) is 16.3 Å². The van der Waals surface area contributed by atoms with Crippen molar-refractivity contribution < 1.29 is 14.4 Å². The van der Waals surface area contributed by atoms with Crippen LogP contribution >= 0.6 is 23.1 Å². The zero-order valence-electron chi connectivity index (χ0n) is 23.0. The fourth-order valence-electron chi connectivity index (χ4n) is 4.09. The lowest BCUT2D eigenvalue weighted by Crippen LogP contribution is -2.30. The summed E-state index contributed by atoms with van der Waals surface area (Å²) >= 11 is 2.84. The lowest BCUT2D eigenvalue weighted by molar-refractivity contribution is -0.114. The van der Waals surface area contributed by atoms with Gasteiger partial charge < -0.3 is 16.0 Å². The van der Waals surface area contributed by atoms with Gasteiger partial charge in [0.25, 0.3) is 11.8 Å². The Hall–Kier alpha value is -4.73. The van der Waals surface area contributed by atoms with Crippen LogP contribution in [0.1, 0.15) is 27.0 Å². The maximum absolute atomic E-state index is 13.3. The molecule has 4 aromatic carbocycles. The number of thiazole rings is 1. The van der Waals surface area contributed by atoms with Crippen molar-refractivity contribution in [2.24, 2.45) is 0 Å². The van der Waals surface area contributed by atoms with Crippen LogP contribution in [0, 0.1) is 13.8 Å². The number of hydrogen-bond donors (Lipinski definition) is 3. The van der Waals surface area contributed by atoms with Crippen LogP contribution in [-0.4, -0.2) is 28.5 Å². The molecule has 1 heterocycles. The summed E-state index contributed by atoms with van der Waals surface area (Å²) in [5.74, 6) is -0.759. The molecule has 0 aliphatic rings. The van der Waals surface area contributed by atoms with E-state index in [4.69, 9.17) is 0 Å². The second-order valence-electron chi connectivity index (χ2n) is 9.60. The number of benzene rings is 4. The predicted molar refractivity (Wildman–Crippen MR) is 172 cm³/mol. The average molecular weight is 593 g/mol. The van der Waals surface area contributed by atoms with E-state index in [1.165, 1.54) is 23.1 Å². The summed E-state index contributed by atoms with van der Waals surface area (Å²) < 4.78 is 1.03. The van der Waals surface area contributed by atoms with Gasteiger partial charge in [0.05, 0.1) is 16.0 Å².